The summed E-state index contributed by atoms with van der Waals surface area (Å²) in [6.45, 7) is 2.10. The third-order valence-corrected chi connectivity index (χ3v) is 7.13. The summed E-state index contributed by atoms with van der Waals surface area (Å²) in [5.74, 6) is -1.62. The van der Waals surface area contributed by atoms with Gasteiger partial charge >= 0.3 is 5.97 Å². The van der Waals surface area contributed by atoms with E-state index in [4.69, 9.17) is 37.4 Å². The minimum Gasteiger partial charge on any atom is -0.494 e. The van der Waals surface area contributed by atoms with E-state index in [9.17, 15) is 19.2 Å². The third-order valence-electron chi connectivity index (χ3n) is 6.57. The van der Waals surface area contributed by atoms with E-state index in [0.717, 1.165) is 5.56 Å². The number of nitrogens with zero attached hydrogens (tertiary/aromatic N) is 1. The zero-order valence-corrected chi connectivity index (χ0v) is 23.0. The van der Waals surface area contributed by atoms with E-state index in [1.165, 1.54) is 31.1 Å². The molecule has 0 radical (unpaired) electrons. The quantitative estimate of drug-likeness (QED) is 0.439. The van der Waals surface area contributed by atoms with Crippen LogP contribution in [0.15, 0.2) is 42.5 Å². The minimum absolute atomic E-state index is 0.0364. The van der Waals surface area contributed by atoms with Crippen LogP contribution in [-0.4, -0.2) is 66.7 Å². The van der Waals surface area contributed by atoms with Crippen molar-refractivity contribution in [1.82, 2.24) is 15.5 Å². The SMILES string of the molecule is COc1c(Cl)cc(C(=O)N[C@@H](C)C(=O)N2CCC[C@H]2C(=O)N[C@H]2CC(=O)OC2OCc2ccccc2)cc1Cl. The number of likely N-dealkylation sites (tertiary alicyclic amines) is 1. The molecule has 0 aliphatic carbocycles. The van der Waals surface area contributed by atoms with E-state index >= 15 is 0 Å². The van der Waals surface area contributed by atoms with Crippen molar-refractivity contribution in [2.75, 3.05) is 13.7 Å². The number of ether oxygens (including phenoxy) is 3. The van der Waals surface area contributed by atoms with E-state index in [-0.39, 0.29) is 34.4 Å². The number of benzene rings is 2. The Hall–Kier alpha value is -3.34. The topological polar surface area (TPSA) is 123 Å². The number of nitrogens with one attached hydrogen (secondary N) is 2. The Balaban J connectivity index is 1.36. The van der Waals surface area contributed by atoms with Gasteiger partial charge in [0.1, 0.15) is 18.1 Å². The summed E-state index contributed by atoms with van der Waals surface area (Å²) in [6.07, 6.45) is 0.0838. The van der Waals surface area contributed by atoms with Crippen molar-refractivity contribution in [2.45, 2.75) is 57.2 Å². The maximum atomic E-state index is 13.2. The van der Waals surface area contributed by atoms with E-state index in [0.29, 0.717) is 19.4 Å². The fourth-order valence-electron chi connectivity index (χ4n) is 4.62. The van der Waals surface area contributed by atoms with Gasteiger partial charge in [0.25, 0.3) is 5.91 Å². The lowest BCUT2D eigenvalue weighted by molar-refractivity contribution is -0.168. The fraction of sp³-hybridized carbons (Fsp3) is 0.407. The van der Waals surface area contributed by atoms with Crippen molar-refractivity contribution >= 4 is 46.9 Å². The molecule has 0 aromatic heterocycles. The van der Waals surface area contributed by atoms with E-state index in [1.807, 2.05) is 30.3 Å². The molecule has 2 aliphatic rings. The maximum absolute atomic E-state index is 13.2. The molecule has 4 atom stereocenters. The lowest BCUT2D eigenvalue weighted by atomic mass is 10.1. The van der Waals surface area contributed by atoms with Crippen LogP contribution >= 0.6 is 23.2 Å². The van der Waals surface area contributed by atoms with Gasteiger partial charge < -0.3 is 29.7 Å². The van der Waals surface area contributed by atoms with Crippen LogP contribution in [0.25, 0.3) is 0 Å². The average molecular weight is 578 g/mol. The number of esters is 1. The molecule has 0 bridgehead atoms. The molecule has 0 spiro atoms. The lowest BCUT2D eigenvalue weighted by Gasteiger charge is -2.28. The van der Waals surface area contributed by atoms with Crippen molar-refractivity contribution in [3.05, 3.63) is 63.6 Å². The first-order valence-electron chi connectivity index (χ1n) is 12.5. The first kappa shape index (κ1) is 28.7. The second kappa shape index (κ2) is 12.7. The molecule has 12 heteroatoms. The summed E-state index contributed by atoms with van der Waals surface area (Å²) in [7, 11) is 1.41. The van der Waals surface area contributed by atoms with Gasteiger partial charge in [-0.25, -0.2) is 0 Å². The van der Waals surface area contributed by atoms with Gasteiger partial charge in [-0.15, -0.1) is 0 Å². The number of hydrogen-bond acceptors (Lipinski definition) is 7. The summed E-state index contributed by atoms with van der Waals surface area (Å²) in [6, 6.07) is 9.80. The van der Waals surface area contributed by atoms with Gasteiger partial charge in [-0.2, -0.15) is 0 Å². The van der Waals surface area contributed by atoms with Crippen molar-refractivity contribution in [1.29, 1.82) is 0 Å². The van der Waals surface area contributed by atoms with Crippen LogP contribution in [0.5, 0.6) is 5.75 Å². The molecule has 10 nitrogen and oxygen atoms in total. The van der Waals surface area contributed by atoms with Crippen LogP contribution in [0, 0.1) is 0 Å². The largest absolute Gasteiger partial charge is 0.494 e. The van der Waals surface area contributed by atoms with Crippen LogP contribution in [0.3, 0.4) is 0 Å². The molecule has 2 aromatic carbocycles. The average Bonchev–Trinajstić information content (AvgIpc) is 3.53. The number of carbonyl (C=O) groups is 4. The minimum atomic E-state index is -0.937. The number of rotatable bonds is 9. The molecule has 2 fully saturated rings. The first-order chi connectivity index (χ1) is 18.7. The van der Waals surface area contributed by atoms with Crippen LogP contribution in [0.2, 0.25) is 10.0 Å². The molecule has 2 heterocycles. The first-order valence-corrected chi connectivity index (χ1v) is 13.2. The second-order valence-electron chi connectivity index (χ2n) is 9.33. The zero-order chi connectivity index (χ0) is 28.1. The molecule has 2 saturated heterocycles. The predicted octanol–water partition coefficient (Wildman–Crippen LogP) is 3.09. The number of carbonyl (C=O) groups excluding carboxylic acids is 4. The zero-order valence-electron chi connectivity index (χ0n) is 21.4. The van der Waals surface area contributed by atoms with Crippen molar-refractivity contribution in [3.63, 3.8) is 0 Å². The highest BCUT2D eigenvalue weighted by Crippen LogP contribution is 2.33. The van der Waals surface area contributed by atoms with Crippen molar-refractivity contribution in [2.24, 2.45) is 0 Å². The molecule has 4 rings (SSSR count). The van der Waals surface area contributed by atoms with Gasteiger partial charge in [-0.3, -0.25) is 19.2 Å². The Labute approximate surface area is 235 Å². The third kappa shape index (κ3) is 6.81. The summed E-state index contributed by atoms with van der Waals surface area (Å²) in [5, 5.41) is 5.77. The molecule has 3 amide bonds. The van der Waals surface area contributed by atoms with Crippen molar-refractivity contribution < 1.29 is 33.4 Å². The Kier molecular flexibility index (Phi) is 9.32. The molecule has 1 unspecified atom stereocenters. The predicted molar refractivity (Wildman–Crippen MR) is 142 cm³/mol. The van der Waals surface area contributed by atoms with Crippen LogP contribution in [0.4, 0.5) is 0 Å². The van der Waals surface area contributed by atoms with Crippen LogP contribution < -0.4 is 15.4 Å². The molecule has 2 aliphatic heterocycles. The van der Waals surface area contributed by atoms with Crippen LogP contribution in [0.1, 0.15) is 42.1 Å². The van der Waals surface area contributed by atoms with Crippen molar-refractivity contribution in [3.8, 4) is 5.75 Å². The number of halogens is 2. The lowest BCUT2D eigenvalue weighted by Crippen LogP contribution is -2.54. The highest BCUT2D eigenvalue weighted by molar-refractivity contribution is 6.37. The molecular formula is C27H29Cl2N3O7. The fourth-order valence-corrected chi connectivity index (χ4v) is 5.26. The summed E-state index contributed by atoms with van der Waals surface area (Å²) in [5.41, 5.74) is 1.06. The van der Waals surface area contributed by atoms with Gasteiger partial charge in [0.15, 0.2) is 5.75 Å². The molecule has 39 heavy (non-hydrogen) atoms. The number of amides is 3. The molecule has 2 N–H and O–H groups in total. The van der Waals surface area contributed by atoms with E-state index in [1.54, 1.807) is 0 Å². The van der Waals surface area contributed by atoms with Gasteiger partial charge in [-0.05, 0) is 37.5 Å². The number of cyclic esters (lactones) is 1. The number of methoxy groups -OCH3 is 1. The Morgan fingerprint density at radius 1 is 1.15 bits per heavy atom. The monoisotopic (exact) mass is 577 g/mol. The molecular weight excluding hydrogens is 549 g/mol. The van der Waals surface area contributed by atoms with Gasteiger partial charge in [0.2, 0.25) is 18.1 Å². The van der Waals surface area contributed by atoms with Gasteiger partial charge in [0.05, 0.1) is 30.2 Å². The van der Waals surface area contributed by atoms with E-state index in [2.05, 4.69) is 10.6 Å². The van der Waals surface area contributed by atoms with E-state index < -0.39 is 48.1 Å². The Morgan fingerprint density at radius 3 is 2.51 bits per heavy atom. The highest BCUT2D eigenvalue weighted by atomic mass is 35.5. The van der Waals surface area contributed by atoms with Crippen LogP contribution in [-0.2, 0) is 30.5 Å². The summed E-state index contributed by atoms with van der Waals surface area (Å²) >= 11 is 12.3. The standard InChI is InChI=1S/C27H29Cl2N3O7/c1-15(30-24(34)17-11-18(28)23(37-2)19(29)12-17)26(36)32-10-6-9-21(32)25(35)31-20-13-22(33)39-27(20)38-14-16-7-4-3-5-8-16/h3-5,7-8,11-12,15,20-21,27H,6,9-10,13-14H2,1-2H3,(H,30,34)(H,31,35)/t15-,20-,21-,27?/m0/s1. The summed E-state index contributed by atoms with van der Waals surface area (Å²) in [4.78, 5) is 52.6. The molecule has 2 aromatic rings. The van der Waals surface area contributed by atoms with Gasteiger partial charge in [-0.1, -0.05) is 53.5 Å². The van der Waals surface area contributed by atoms with Gasteiger partial charge in [0, 0.05) is 12.1 Å². The normalized spacial score (nSPS) is 21.3. The highest BCUT2D eigenvalue weighted by Gasteiger charge is 2.41. The summed E-state index contributed by atoms with van der Waals surface area (Å²) < 4.78 is 16.1. The Morgan fingerprint density at radius 2 is 1.85 bits per heavy atom. The number of hydrogen-bond donors (Lipinski definition) is 2. The smallest absolute Gasteiger partial charge is 0.310 e. The molecule has 0 saturated carbocycles. The second-order valence-corrected chi connectivity index (χ2v) is 10.1. The molecule has 208 valence electrons. The Bertz CT molecular complexity index is 1220. The maximum Gasteiger partial charge on any atom is 0.310 e.